The Hall–Kier alpha value is -1.38. The van der Waals surface area contributed by atoms with Crippen molar-refractivity contribution in [1.82, 2.24) is 15.2 Å². The van der Waals surface area contributed by atoms with Gasteiger partial charge in [-0.05, 0) is 0 Å². The molecule has 0 saturated carbocycles. The molecular weight excluding hydrogens is 114 g/mol. The molecule has 0 aromatic carbocycles. The number of hydrogen-bond acceptors (Lipinski definition) is 2. The van der Waals surface area contributed by atoms with Crippen LogP contribution in [0.5, 0.6) is 0 Å². The van der Waals surface area contributed by atoms with Crippen molar-refractivity contribution >= 4 is 0 Å². The summed E-state index contributed by atoms with van der Waals surface area (Å²) in [7, 11) is 0. The highest BCUT2D eigenvalue weighted by Crippen LogP contribution is 2.15. The van der Waals surface area contributed by atoms with Gasteiger partial charge in [0.1, 0.15) is 0 Å². The zero-order valence-corrected chi connectivity index (χ0v) is 4.70. The van der Waals surface area contributed by atoms with Gasteiger partial charge in [-0.1, -0.05) is 0 Å². The first-order valence-electron chi connectivity index (χ1n) is 2.69. The van der Waals surface area contributed by atoms with Gasteiger partial charge in [-0.15, -0.1) is 0 Å². The maximum atomic E-state index is 3.94. The largest absolute Gasteiger partial charge is 0.285 e. The van der Waals surface area contributed by atoms with E-state index in [2.05, 4.69) is 15.2 Å². The Balaban J connectivity index is 2.79. The zero-order chi connectivity index (χ0) is 6.10. The molecule has 0 bridgehead atoms. The number of rotatable bonds is 0. The van der Waals surface area contributed by atoms with Crippen LogP contribution in [0.2, 0.25) is 0 Å². The van der Waals surface area contributed by atoms with E-state index in [0.717, 1.165) is 11.1 Å². The molecule has 1 N–H and O–H groups in total. The van der Waals surface area contributed by atoms with E-state index < -0.39 is 0 Å². The summed E-state index contributed by atoms with van der Waals surface area (Å²) in [5, 5.41) is 6.55. The van der Waals surface area contributed by atoms with Gasteiger partial charge in [0.15, 0.2) is 0 Å². The molecule has 44 valence electrons. The molecule has 0 fully saturated rings. The second-order valence-electron chi connectivity index (χ2n) is 1.85. The third-order valence-corrected chi connectivity index (χ3v) is 1.26. The second-order valence-corrected chi connectivity index (χ2v) is 1.85. The lowest BCUT2D eigenvalue weighted by Crippen LogP contribution is -1.79. The monoisotopic (exact) mass is 119 g/mol. The van der Waals surface area contributed by atoms with Crippen LogP contribution in [0.4, 0.5) is 0 Å². The van der Waals surface area contributed by atoms with Gasteiger partial charge in [-0.25, -0.2) is 0 Å². The molecule has 0 aliphatic carbocycles. The molecule has 0 aromatic rings. The first-order valence-corrected chi connectivity index (χ1v) is 2.69. The second kappa shape index (κ2) is 1.55. The summed E-state index contributed by atoms with van der Waals surface area (Å²) in [6.07, 6.45) is 7.16. The minimum absolute atomic E-state index is 1.08. The minimum atomic E-state index is 1.08. The molecule has 0 saturated heterocycles. The van der Waals surface area contributed by atoms with Crippen molar-refractivity contribution in [1.29, 1.82) is 0 Å². The van der Waals surface area contributed by atoms with Crippen LogP contribution in [0.25, 0.3) is 11.1 Å². The molecule has 0 amide bonds. The highest BCUT2D eigenvalue weighted by molar-refractivity contribution is 5.60. The highest BCUT2D eigenvalue weighted by Gasteiger charge is 1.98. The maximum Gasteiger partial charge on any atom is 0.0567 e. The van der Waals surface area contributed by atoms with Gasteiger partial charge in [0.05, 0.1) is 6.20 Å². The standard InChI is InChI=1S/C6H5N3/c1-5-3-8-9-4-6(5)2-7-1/h1-4,8H. The fraction of sp³-hybridized carbons (Fsp3) is 0. The Kier molecular flexibility index (Phi) is 0.773. The molecule has 0 spiro atoms. The topological polar surface area (TPSA) is 41.6 Å². The minimum Gasteiger partial charge on any atom is -0.285 e. The molecule has 3 nitrogen and oxygen atoms in total. The van der Waals surface area contributed by atoms with Gasteiger partial charge in [0.2, 0.25) is 0 Å². The van der Waals surface area contributed by atoms with Crippen LogP contribution < -0.4 is 0 Å². The first-order chi connectivity index (χ1) is 4.47. The number of aromatic nitrogens is 3. The number of H-pyrrole nitrogens is 1. The van der Waals surface area contributed by atoms with Crippen molar-refractivity contribution < 1.29 is 0 Å². The van der Waals surface area contributed by atoms with Crippen molar-refractivity contribution in [3.05, 3.63) is 24.8 Å². The van der Waals surface area contributed by atoms with Crippen molar-refractivity contribution in [2.45, 2.75) is 0 Å². The zero-order valence-electron chi connectivity index (χ0n) is 4.70. The number of nitrogens with zero attached hydrogens (tertiary/aromatic N) is 2. The Labute approximate surface area is 52.1 Å². The lowest BCUT2D eigenvalue weighted by atomic mass is 10.2. The van der Waals surface area contributed by atoms with Crippen LogP contribution in [-0.4, -0.2) is 15.2 Å². The lowest BCUT2D eigenvalue weighted by molar-refractivity contribution is 1.03. The molecule has 2 aliphatic rings. The molecule has 2 aliphatic heterocycles. The fourth-order valence-electron chi connectivity index (χ4n) is 0.789. The summed E-state index contributed by atoms with van der Waals surface area (Å²) in [6, 6.07) is 0. The molecule has 0 atom stereocenters. The van der Waals surface area contributed by atoms with Gasteiger partial charge >= 0.3 is 0 Å². The van der Waals surface area contributed by atoms with Crippen molar-refractivity contribution in [3.63, 3.8) is 0 Å². The quantitative estimate of drug-likeness (QED) is 0.560. The summed E-state index contributed by atoms with van der Waals surface area (Å²) < 4.78 is 0. The molecular formula is C6H5N3. The lowest BCUT2D eigenvalue weighted by Gasteiger charge is -1.90. The molecule has 0 aromatic heterocycles. The van der Waals surface area contributed by atoms with Gasteiger partial charge < -0.3 is 0 Å². The molecule has 0 unspecified atom stereocenters. The summed E-state index contributed by atoms with van der Waals surface area (Å²) in [5.41, 5.74) is 2.18. The van der Waals surface area contributed by atoms with E-state index in [1.54, 1.807) is 18.6 Å². The van der Waals surface area contributed by atoms with Crippen molar-refractivity contribution in [2.75, 3.05) is 0 Å². The molecule has 3 heteroatoms. The first kappa shape index (κ1) is 4.49. The Morgan fingerprint density at radius 3 is 2.89 bits per heavy atom. The number of nitrogens with one attached hydrogen (secondary N) is 1. The van der Waals surface area contributed by atoms with Crippen LogP contribution in [0.3, 0.4) is 0 Å². The van der Waals surface area contributed by atoms with E-state index in [9.17, 15) is 0 Å². The number of fused-ring (bicyclic) bond motifs is 1. The van der Waals surface area contributed by atoms with Crippen LogP contribution in [-0.2, 0) is 0 Å². The van der Waals surface area contributed by atoms with E-state index in [0.29, 0.717) is 0 Å². The Morgan fingerprint density at radius 2 is 2.00 bits per heavy atom. The summed E-state index contributed by atoms with van der Waals surface area (Å²) in [6.45, 7) is 0. The van der Waals surface area contributed by atoms with E-state index in [1.165, 1.54) is 0 Å². The fourth-order valence-corrected chi connectivity index (χ4v) is 0.789. The van der Waals surface area contributed by atoms with Crippen molar-refractivity contribution in [2.24, 2.45) is 0 Å². The average molecular weight is 119 g/mol. The smallest absolute Gasteiger partial charge is 0.0567 e. The van der Waals surface area contributed by atoms with Gasteiger partial charge in [-0.3, -0.25) is 10.1 Å². The SMILES string of the molecule is c1ncc2c[nH]ncc1-2. The van der Waals surface area contributed by atoms with Crippen LogP contribution >= 0.6 is 0 Å². The molecule has 2 heterocycles. The van der Waals surface area contributed by atoms with Crippen molar-refractivity contribution in [3.8, 4) is 11.1 Å². The van der Waals surface area contributed by atoms with E-state index in [-0.39, 0.29) is 0 Å². The van der Waals surface area contributed by atoms with Crippen LogP contribution in [0, 0.1) is 0 Å². The third kappa shape index (κ3) is 0.579. The molecule has 0 radical (unpaired) electrons. The highest BCUT2D eigenvalue weighted by atomic mass is 15.1. The Bertz CT molecular complexity index is 248. The van der Waals surface area contributed by atoms with Gasteiger partial charge in [0.25, 0.3) is 0 Å². The van der Waals surface area contributed by atoms with E-state index in [4.69, 9.17) is 0 Å². The van der Waals surface area contributed by atoms with Gasteiger partial charge in [0, 0.05) is 29.7 Å². The Morgan fingerprint density at radius 1 is 1.11 bits per heavy atom. The predicted molar refractivity (Wildman–Crippen MR) is 33.0 cm³/mol. The molecule has 9 heavy (non-hydrogen) atoms. The number of aromatic amines is 1. The average Bonchev–Trinajstić information content (AvgIpc) is 2.33. The van der Waals surface area contributed by atoms with Crippen LogP contribution in [0.1, 0.15) is 0 Å². The van der Waals surface area contributed by atoms with E-state index in [1.807, 2.05) is 6.20 Å². The summed E-state index contributed by atoms with van der Waals surface area (Å²) in [5.74, 6) is 0. The van der Waals surface area contributed by atoms with E-state index >= 15 is 0 Å². The normalized spacial score (nSPS) is 10.2. The molecule has 2 rings (SSSR count). The maximum absolute atomic E-state index is 3.94. The number of hydrogen-bond donors (Lipinski definition) is 1. The predicted octanol–water partition coefficient (Wildman–Crippen LogP) is 0.909. The van der Waals surface area contributed by atoms with Gasteiger partial charge in [-0.2, -0.15) is 5.10 Å². The summed E-state index contributed by atoms with van der Waals surface area (Å²) >= 11 is 0. The van der Waals surface area contributed by atoms with Crippen LogP contribution in [0.15, 0.2) is 24.8 Å². The third-order valence-electron chi connectivity index (χ3n) is 1.26. The summed E-state index contributed by atoms with van der Waals surface area (Å²) in [4.78, 5) is 3.94.